The van der Waals surface area contributed by atoms with Gasteiger partial charge >= 0.3 is 0 Å². The first-order chi connectivity index (χ1) is 13.6. The molecule has 3 aromatic heterocycles. The van der Waals surface area contributed by atoms with Crippen molar-refractivity contribution in [1.29, 1.82) is 0 Å². The molecule has 0 saturated carbocycles. The minimum Gasteiger partial charge on any atom is -0.352 e. The molecular weight excluding hydrogens is 392 g/mol. The SMILES string of the molecule is CCn1cc(-c2nc(CC(=O)NCc3ccc(Cl)cc3)cs2)c2cccnc21. The molecule has 3 heterocycles. The van der Waals surface area contributed by atoms with Crippen LogP contribution in [0.15, 0.2) is 54.2 Å². The second-order valence-corrected chi connectivity index (χ2v) is 7.72. The number of rotatable bonds is 6. The summed E-state index contributed by atoms with van der Waals surface area (Å²) in [5.41, 5.74) is 3.80. The van der Waals surface area contributed by atoms with Gasteiger partial charge in [0.05, 0.1) is 12.1 Å². The number of amides is 1. The highest BCUT2D eigenvalue weighted by molar-refractivity contribution is 7.13. The summed E-state index contributed by atoms with van der Waals surface area (Å²) in [4.78, 5) is 21.4. The van der Waals surface area contributed by atoms with E-state index in [1.807, 2.05) is 35.7 Å². The van der Waals surface area contributed by atoms with E-state index in [9.17, 15) is 4.79 Å². The van der Waals surface area contributed by atoms with Crippen molar-refractivity contribution in [3.05, 3.63) is 70.5 Å². The largest absolute Gasteiger partial charge is 0.352 e. The number of pyridine rings is 1. The maximum absolute atomic E-state index is 12.3. The van der Waals surface area contributed by atoms with Gasteiger partial charge < -0.3 is 9.88 Å². The van der Waals surface area contributed by atoms with Gasteiger partial charge in [-0.05, 0) is 36.8 Å². The van der Waals surface area contributed by atoms with Crippen molar-refractivity contribution in [2.45, 2.75) is 26.4 Å². The van der Waals surface area contributed by atoms with Crippen LogP contribution < -0.4 is 5.32 Å². The highest BCUT2D eigenvalue weighted by Gasteiger charge is 2.14. The molecule has 28 heavy (non-hydrogen) atoms. The van der Waals surface area contributed by atoms with Gasteiger partial charge in [0.25, 0.3) is 0 Å². The molecule has 1 amide bonds. The van der Waals surface area contributed by atoms with Crippen molar-refractivity contribution in [3.8, 4) is 10.6 Å². The van der Waals surface area contributed by atoms with Crippen LogP contribution >= 0.6 is 22.9 Å². The summed E-state index contributed by atoms with van der Waals surface area (Å²) in [5, 5.41) is 7.55. The summed E-state index contributed by atoms with van der Waals surface area (Å²) in [6.45, 7) is 3.41. The third kappa shape index (κ3) is 3.93. The van der Waals surface area contributed by atoms with E-state index < -0.39 is 0 Å². The minimum absolute atomic E-state index is 0.0514. The molecule has 0 aliphatic heterocycles. The summed E-state index contributed by atoms with van der Waals surface area (Å²) in [6.07, 6.45) is 4.15. The monoisotopic (exact) mass is 410 g/mol. The quantitative estimate of drug-likeness (QED) is 0.501. The summed E-state index contributed by atoms with van der Waals surface area (Å²) in [6, 6.07) is 11.4. The number of benzene rings is 1. The van der Waals surface area contributed by atoms with Crippen molar-refractivity contribution in [2.24, 2.45) is 0 Å². The molecule has 0 aliphatic carbocycles. The number of halogens is 1. The summed E-state index contributed by atoms with van der Waals surface area (Å²) >= 11 is 7.43. The zero-order valence-corrected chi connectivity index (χ0v) is 16.9. The first kappa shape index (κ1) is 18.7. The second kappa shape index (κ2) is 8.12. The molecule has 1 N–H and O–H groups in total. The number of hydrogen-bond acceptors (Lipinski definition) is 4. The molecule has 0 atom stereocenters. The molecule has 0 bridgehead atoms. The Kier molecular flexibility index (Phi) is 5.41. The van der Waals surface area contributed by atoms with Crippen LogP contribution in [0.1, 0.15) is 18.2 Å². The van der Waals surface area contributed by atoms with Gasteiger partial charge in [0.2, 0.25) is 5.91 Å². The Morgan fingerprint density at radius 3 is 2.86 bits per heavy atom. The molecule has 4 rings (SSSR count). The third-order valence-corrected chi connectivity index (χ3v) is 5.68. The van der Waals surface area contributed by atoms with Gasteiger partial charge in [0.15, 0.2) is 0 Å². The van der Waals surface area contributed by atoms with Gasteiger partial charge in [-0.2, -0.15) is 0 Å². The van der Waals surface area contributed by atoms with E-state index in [2.05, 4.69) is 39.0 Å². The second-order valence-electron chi connectivity index (χ2n) is 6.43. The maximum Gasteiger partial charge on any atom is 0.226 e. The fraction of sp³-hybridized carbons (Fsp3) is 0.190. The summed E-state index contributed by atoms with van der Waals surface area (Å²) in [5.74, 6) is -0.0514. The van der Waals surface area contributed by atoms with E-state index in [0.717, 1.165) is 39.4 Å². The minimum atomic E-state index is -0.0514. The molecule has 0 fully saturated rings. The van der Waals surface area contributed by atoms with Gasteiger partial charge in [0, 0.05) is 46.8 Å². The lowest BCUT2D eigenvalue weighted by Gasteiger charge is -2.04. The maximum atomic E-state index is 12.3. The molecule has 5 nitrogen and oxygen atoms in total. The van der Waals surface area contributed by atoms with Gasteiger partial charge in [0.1, 0.15) is 10.7 Å². The van der Waals surface area contributed by atoms with Crippen molar-refractivity contribution in [3.63, 3.8) is 0 Å². The Morgan fingerprint density at radius 1 is 1.25 bits per heavy atom. The Hall–Kier alpha value is -2.70. The molecule has 7 heteroatoms. The number of hydrogen-bond donors (Lipinski definition) is 1. The molecule has 1 aromatic carbocycles. The van der Waals surface area contributed by atoms with E-state index in [1.54, 1.807) is 17.5 Å². The average molecular weight is 411 g/mol. The number of aryl methyl sites for hydroxylation is 1. The molecule has 0 saturated heterocycles. The van der Waals surface area contributed by atoms with Crippen LogP contribution in [0.3, 0.4) is 0 Å². The first-order valence-electron chi connectivity index (χ1n) is 9.04. The number of aromatic nitrogens is 3. The van der Waals surface area contributed by atoms with Crippen molar-refractivity contribution in [1.82, 2.24) is 19.9 Å². The van der Waals surface area contributed by atoms with E-state index >= 15 is 0 Å². The highest BCUT2D eigenvalue weighted by atomic mass is 35.5. The molecule has 0 aliphatic rings. The van der Waals surface area contributed by atoms with Gasteiger partial charge in [-0.15, -0.1) is 11.3 Å². The van der Waals surface area contributed by atoms with Gasteiger partial charge in [-0.25, -0.2) is 9.97 Å². The number of nitrogens with zero attached hydrogens (tertiary/aromatic N) is 3. The van der Waals surface area contributed by atoms with E-state index in [4.69, 9.17) is 11.6 Å². The Balaban J connectivity index is 1.46. The van der Waals surface area contributed by atoms with Crippen LogP contribution in [0.4, 0.5) is 0 Å². The van der Waals surface area contributed by atoms with E-state index in [-0.39, 0.29) is 12.3 Å². The molecule has 0 radical (unpaired) electrons. The van der Waals surface area contributed by atoms with Crippen LogP contribution in [0.5, 0.6) is 0 Å². The summed E-state index contributed by atoms with van der Waals surface area (Å²) < 4.78 is 2.12. The third-order valence-electron chi connectivity index (χ3n) is 4.50. The van der Waals surface area contributed by atoms with Crippen molar-refractivity contribution >= 4 is 39.9 Å². The van der Waals surface area contributed by atoms with Crippen LogP contribution in [0.2, 0.25) is 5.02 Å². The van der Waals surface area contributed by atoms with Crippen LogP contribution in [0, 0.1) is 0 Å². The number of fused-ring (bicyclic) bond motifs is 1. The van der Waals surface area contributed by atoms with Crippen LogP contribution in [-0.2, 0) is 24.3 Å². The zero-order valence-electron chi connectivity index (χ0n) is 15.4. The first-order valence-corrected chi connectivity index (χ1v) is 10.3. The topological polar surface area (TPSA) is 59.8 Å². The standard InChI is InChI=1S/C21H19ClN4OS/c1-2-26-12-18(17-4-3-9-23-20(17)26)21-25-16(13-28-21)10-19(27)24-11-14-5-7-15(22)8-6-14/h3-9,12-13H,2,10-11H2,1H3,(H,24,27). The molecule has 0 spiro atoms. The van der Waals surface area contributed by atoms with Crippen molar-refractivity contribution in [2.75, 3.05) is 0 Å². The van der Waals surface area contributed by atoms with E-state index in [0.29, 0.717) is 11.6 Å². The fourth-order valence-corrected chi connectivity index (χ4v) is 4.05. The van der Waals surface area contributed by atoms with Gasteiger partial charge in [-0.3, -0.25) is 4.79 Å². The predicted octanol–water partition coefficient (Wildman–Crippen LogP) is 4.69. The van der Waals surface area contributed by atoms with Crippen LogP contribution in [0.25, 0.3) is 21.6 Å². The molecule has 4 aromatic rings. The number of nitrogens with one attached hydrogen (secondary N) is 1. The normalized spacial score (nSPS) is 11.1. The smallest absolute Gasteiger partial charge is 0.226 e. The lowest BCUT2D eigenvalue weighted by atomic mass is 10.2. The number of carbonyl (C=O) groups is 1. The van der Waals surface area contributed by atoms with Crippen LogP contribution in [-0.4, -0.2) is 20.4 Å². The molecular formula is C21H19ClN4OS. The number of carbonyl (C=O) groups excluding carboxylic acids is 1. The zero-order chi connectivity index (χ0) is 19.5. The lowest BCUT2D eigenvalue weighted by molar-refractivity contribution is -0.120. The predicted molar refractivity (Wildman–Crippen MR) is 114 cm³/mol. The summed E-state index contributed by atoms with van der Waals surface area (Å²) in [7, 11) is 0. The molecule has 142 valence electrons. The fourth-order valence-electron chi connectivity index (χ4n) is 3.08. The lowest BCUT2D eigenvalue weighted by Crippen LogP contribution is -2.24. The Bertz CT molecular complexity index is 1120. The average Bonchev–Trinajstić information content (AvgIpc) is 3.31. The highest BCUT2D eigenvalue weighted by Crippen LogP contribution is 2.31. The van der Waals surface area contributed by atoms with Gasteiger partial charge in [-0.1, -0.05) is 23.7 Å². The van der Waals surface area contributed by atoms with E-state index in [1.165, 1.54) is 0 Å². The van der Waals surface area contributed by atoms with Crippen molar-refractivity contribution < 1.29 is 4.79 Å². The Morgan fingerprint density at radius 2 is 2.07 bits per heavy atom. The number of thiazole rings is 1. The molecule has 0 unspecified atom stereocenters. The Labute approximate surface area is 172 Å².